The topological polar surface area (TPSA) is 105 Å². The fraction of sp³-hybridized carbons (Fsp3) is 0. The summed E-state index contributed by atoms with van der Waals surface area (Å²) in [5.74, 6) is -1.03. The average molecular weight is 209 g/mol. The van der Waals surface area contributed by atoms with Gasteiger partial charge in [-0.1, -0.05) is 0 Å². The number of hydrogen-bond acceptors (Lipinski definition) is 5. The molecule has 0 fully saturated rings. The third-order valence-corrected chi connectivity index (χ3v) is 1.48. The van der Waals surface area contributed by atoms with E-state index in [2.05, 4.69) is 10.5 Å². The quantitative estimate of drug-likeness (QED) is 0.333. The van der Waals surface area contributed by atoms with Gasteiger partial charge in [-0.25, -0.2) is 4.79 Å². The van der Waals surface area contributed by atoms with Gasteiger partial charge in [0.1, 0.15) is 0 Å². The molecule has 0 saturated carbocycles. The van der Waals surface area contributed by atoms with E-state index < -0.39 is 10.9 Å². The van der Waals surface area contributed by atoms with Gasteiger partial charge in [-0.15, -0.1) is 0 Å². The molecule has 0 aliphatic carbocycles. The monoisotopic (exact) mass is 209 g/mol. The van der Waals surface area contributed by atoms with Gasteiger partial charge in [0.15, 0.2) is 0 Å². The van der Waals surface area contributed by atoms with Crippen LogP contribution in [0.5, 0.6) is 0 Å². The fourth-order valence-corrected chi connectivity index (χ4v) is 0.838. The summed E-state index contributed by atoms with van der Waals surface area (Å²) in [7, 11) is 0. The number of hydrogen-bond donors (Lipinski definition) is 2. The molecule has 0 aromatic heterocycles. The molecule has 1 rings (SSSR count). The highest BCUT2D eigenvalue weighted by Crippen LogP contribution is 2.08. The van der Waals surface area contributed by atoms with E-state index in [9.17, 15) is 14.9 Å². The van der Waals surface area contributed by atoms with Gasteiger partial charge in [-0.05, 0) is 29.2 Å². The number of nitrogens with one attached hydrogen (secondary N) is 1. The normalized spacial score (nSPS) is 10.1. The number of nitro groups is 1. The molecule has 15 heavy (non-hydrogen) atoms. The number of carboxylic acid groups (broad SMARTS) is 1. The van der Waals surface area contributed by atoms with E-state index in [1.165, 1.54) is 24.3 Å². The van der Waals surface area contributed by atoms with E-state index in [1.54, 1.807) is 0 Å². The van der Waals surface area contributed by atoms with E-state index in [0.29, 0.717) is 12.0 Å². The Hall–Kier alpha value is -2.44. The molecule has 0 heterocycles. The Bertz CT molecular complexity index is 399. The van der Waals surface area contributed by atoms with Crippen molar-refractivity contribution in [1.29, 1.82) is 0 Å². The first-order chi connectivity index (χ1) is 7.09. The fourth-order valence-electron chi connectivity index (χ4n) is 0.838. The highest BCUT2D eigenvalue weighted by molar-refractivity contribution is 5.87. The van der Waals surface area contributed by atoms with Crippen molar-refractivity contribution in [2.24, 2.45) is 5.10 Å². The predicted molar refractivity (Wildman–Crippen MR) is 52.5 cm³/mol. The van der Waals surface area contributed by atoms with E-state index >= 15 is 0 Å². The Morgan fingerprint density at radius 3 is 2.53 bits per heavy atom. The number of rotatable bonds is 4. The van der Waals surface area contributed by atoms with Gasteiger partial charge in [-0.3, -0.25) is 0 Å². The third kappa shape index (κ3) is 3.43. The maximum absolute atomic E-state index is 10.5. The van der Waals surface area contributed by atoms with E-state index in [-0.39, 0.29) is 5.56 Å². The molecule has 1 aromatic rings. The molecule has 0 radical (unpaired) electrons. The smallest absolute Gasteiger partial charge is 0.352 e. The minimum Gasteiger partial charge on any atom is -0.478 e. The van der Waals surface area contributed by atoms with Crippen LogP contribution in [0, 0.1) is 10.1 Å². The Labute approximate surface area is 84.2 Å². The Balaban J connectivity index is 2.65. The second kappa shape index (κ2) is 4.70. The zero-order valence-electron chi connectivity index (χ0n) is 7.45. The van der Waals surface area contributed by atoms with Gasteiger partial charge in [0, 0.05) is 5.10 Å². The number of benzene rings is 1. The minimum atomic E-state index is -1.03. The Morgan fingerprint density at radius 1 is 1.47 bits per heavy atom. The van der Waals surface area contributed by atoms with E-state index in [0.717, 1.165) is 0 Å². The molecule has 0 bridgehead atoms. The van der Waals surface area contributed by atoms with Gasteiger partial charge in [-0.2, -0.15) is 5.43 Å². The van der Waals surface area contributed by atoms with E-state index in [1.807, 2.05) is 0 Å². The number of carboxylic acids is 1. The maximum atomic E-state index is 10.5. The summed E-state index contributed by atoms with van der Waals surface area (Å²) in [6.07, 6.45) is 0.505. The van der Waals surface area contributed by atoms with Crippen LogP contribution in [-0.4, -0.2) is 22.3 Å². The summed E-state index contributed by atoms with van der Waals surface area (Å²) in [6, 6.07) is 5.65. The molecular formula is C8H7N3O4. The van der Waals surface area contributed by atoms with E-state index in [4.69, 9.17) is 5.11 Å². The van der Waals surface area contributed by atoms with Crippen molar-refractivity contribution < 1.29 is 14.8 Å². The minimum absolute atomic E-state index is 0.138. The molecule has 7 heteroatoms. The second-order valence-electron chi connectivity index (χ2n) is 2.52. The van der Waals surface area contributed by atoms with Crippen molar-refractivity contribution in [1.82, 2.24) is 0 Å². The third-order valence-electron chi connectivity index (χ3n) is 1.48. The number of nitrogens with zero attached hydrogens (tertiary/aromatic N) is 2. The van der Waals surface area contributed by atoms with Crippen LogP contribution in [0.2, 0.25) is 0 Å². The van der Waals surface area contributed by atoms with Crippen molar-refractivity contribution >= 4 is 18.0 Å². The lowest BCUT2D eigenvalue weighted by molar-refractivity contribution is -0.339. The first-order valence-corrected chi connectivity index (χ1v) is 3.85. The number of anilines is 1. The highest BCUT2D eigenvalue weighted by Gasteiger charge is 2.01. The molecule has 2 N–H and O–H groups in total. The van der Waals surface area contributed by atoms with Gasteiger partial charge in [0.2, 0.25) is 0 Å². The lowest BCUT2D eigenvalue weighted by atomic mass is 10.2. The molecule has 7 nitrogen and oxygen atoms in total. The first-order valence-electron chi connectivity index (χ1n) is 3.85. The van der Waals surface area contributed by atoms with Crippen LogP contribution in [0.1, 0.15) is 10.4 Å². The van der Waals surface area contributed by atoms with Crippen molar-refractivity contribution in [3.8, 4) is 0 Å². The first kappa shape index (κ1) is 10.6. The summed E-state index contributed by atoms with van der Waals surface area (Å²) in [5.41, 5.74) is 2.99. The average Bonchev–Trinajstić information content (AvgIpc) is 2.18. The summed E-state index contributed by atoms with van der Waals surface area (Å²) < 4.78 is 0. The van der Waals surface area contributed by atoms with Crippen LogP contribution in [0.3, 0.4) is 0 Å². The lowest BCUT2D eigenvalue weighted by Crippen LogP contribution is -1.98. The molecule has 78 valence electrons. The Kier molecular flexibility index (Phi) is 3.33. The van der Waals surface area contributed by atoms with Crippen LogP contribution < -0.4 is 5.43 Å². The van der Waals surface area contributed by atoms with Crippen molar-refractivity contribution in [2.45, 2.75) is 0 Å². The van der Waals surface area contributed by atoms with Crippen LogP contribution >= 0.6 is 0 Å². The summed E-state index contributed by atoms with van der Waals surface area (Å²) in [6.45, 7) is 0. The summed E-state index contributed by atoms with van der Waals surface area (Å²) in [4.78, 5) is 19.6. The van der Waals surface area contributed by atoms with Crippen LogP contribution in [-0.2, 0) is 0 Å². The molecule has 0 spiro atoms. The molecule has 0 aliphatic rings. The van der Waals surface area contributed by atoms with Crippen molar-refractivity contribution in [3.63, 3.8) is 0 Å². The van der Waals surface area contributed by atoms with Gasteiger partial charge < -0.3 is 15.2 Å². The zero-order valence-corrected chi connectivity index (χ0v) is 7.45. The molecule has 0 unspecified atom stereocenters. The van der Waals surface area contributed by atoms with Gasteiger partial charge in [0.25, 0.3) is 0 Å². The van der Waals surface area contributed by atoms with Crippen LogP contribution in [0.15, 0.2) is 29.4 Å². The largest absolute Gasteiger partial charge is 0.478 e. The number of aromatic carboxylic acids is 1. The van der Waals surface area contributed by atoms with Gasteiger partial charge in [0.05, 0.1) is 11.3 Å². The van der Waals surface area contributed by atoms with Crippen molar-refractivity contribution in [2.75, 3.05) is 5.43 Å². The molecular weight excluding hydrogens is 202 g/mol. The second-order valence-corrected chi connectivity index (χ2v) is 2.52. The summed E-state index contributed by atoms with van der Waals surface area (Å²) >= 11 is 0. The predicted octanol–water partition coefficient (Wildman–Crippen LogP) is 1.02. The SMILES string of the molecule is O=C(O)c1ccc(N/N=C\[N+](=O)[O-])cc1. The molecule has 0 saturated heterocycles. The number of carbonyl (C=O) groups is 1. The highest BCUT2D eigenvalue weighted by atomic mass is 16.6. The van der Waals surface area contributed by atoms with Crippen molar-refractivity contribution in [3.05, 3.63) is 39.9 Å². The van der Waals surface area contributed by atoms with Crippen LogP contribution in [0.4, 0.5) is 5.69 Å². The van der Waals surface area contributed by atoms with Gasteiger partial charge >= 0.3 is 12.3 Å². The molecule has 0 aliphatic heterocycles. The summed E-state index contributed by atoms with van der Waals surface area (Å²) in [5, 5.41) is 21.8. The number of hydrazone groups is 1. The van der Waals surface area contributed by atoms with Crippen LogP contribution in [0.25, 0.3) is 0 Å². The molecule has 0 amide bonds. The lowest BCUT2D eigenvalue weighted by Gasteiger charge is -1.96. The Morgan fingerprint density at radius 2 is 2.07 bits per heavy atom. The standard InChI is InChI=1S/C8H7N3O4/c12-8(13)6-1-3-7(4-2-6)10-9-5-11(14)15/h1-5,10H,(H,12,13)/b9-5-. The molecule has 0 atom stereocenters. The zero-order chi connectivity index (χ0) is 11.3. The maximum Gasteiger partial charge on any atom is 0.352 e. The molecule has 1 aromatic carbocycles.